The van der Waals surface area contributed by atoms with Crippen molar-refractivity contribution in [3.05, 3.63) is 65.5 Å². The monoisotopic (exact) mass is 268 g/mol. The summed E-state index contributed by atoms with van der Waals surface area (Å²) in [5.41, 5.74) is 3.46. The highest BCUT2D eigenvalue weighted by molar-refractivity contribution is 5.76. The number of amides is 1. The normalized spacial score (nSPS) is 11.9. The van der Waals surface area contributed by atoms with Gasteiger partial charge in [-0.1, -0.05) is 35.9 Å². The van der Waals surface area contributed by atoms with Gasteiger partial charge in [0.1, 0.15) is 0 Å². The second-order valence-electron chi connectivity index (χ2n) is 5.06. The molecule has 2 aromatic rings. The van der Waals surface area contributed by atoms with Gasteiger partial charge in [0.05, 0.1) is 6.04 Å². The van der Waals surface area contributed by atoms with E-state index in [1.807, 2.05) is 19.1 Å². The van der Waals surface area contributed by atoms with Crippen LogP contribution in [0.2, 0.25) is 0 Å². The van der Waals surface area contributed by atoms with Gasteiger partial charge in [-0.25, -0.2) is 0 Å². The summed E-state index contributed by atoms with van der Waals surface area (Å²) in [6, 6.07) is 12.1. The van der Waals surface area contributed by atoms with Gasteiger partial charge in [0.2, 0.25) is 5.91 Å². The van der Waals surface area contributed by atoms with Gasteiger partial charge in [-0.3, -0.25) is 9.78 Å². The smallest absolute Gasteiger partial charge is 0.220 e. The highest BCUT2D eigenvalue weighted by Gasteiger charge is 2.09. The first-order valence-corrected chi connectivity index (χ1v) is 6.90. The Morgan fingerprint density at radius 2 is 2.00 bits per heavy atom. The van der Waals surface area contributed by atoms with Crippen LogP contribution in [0, 0.1) is 6.92 Å². The molecule has 1 heterocycles. The van der Waals surface area contributed by atoms with Gasteiger partial charge in [-0.15, -0.1) is 0 Å². The van der Waals surface area contributed by atoms with Crippen molar-refractivity contribution in [2.45, 2.75) is 32.7 Å². The number of hydrogen-bond acceptors (Lipinski definition) is 2. The summed E-state index contributed by atoms with van der Waals surface area (Å²) in [5.74, 6) is 0.0712. The van der Waals surface area contributed by atoms with Gasteiger partial charge in [0.15, 0.2) is 0 Å². The van der Waals surface area contributed by atoms with E-state index in [1.54, 1.807) is 12.4 Å². The van der Waals surface area contributed by atoms with Crippen molar-refractivity contribution in [2.75, 3.05) is 0 Å². The predicted octanol–water partition coefficient (Wildman–Crippen LogP) is 3.20. The molecule has 3 heteroatoms. The third-order valence-electron chi connectivity index (χ3n) is 3.32. The predicted molar refractivity (Wildman–Crippen MR) is 80.3 cm³/mol. The lowest BCUT2D eigenvalue weighted by atomic mass is 10.1. The number of aromatic nitrogens is 1. The molecule has 0 bridgehead atoms. The highest BCUT2D eigenvalue weighted by atomic mass is 16.1. The van der Waals surface area contributed by atoms with Crippen molar-refractivity contribution in [3.8, 4) is 0 Å². The van der Waals surface area contributed by atoms with Gasteiger partial charge in [0.25, 0.3) is 0 Å². The molecule has 0 aliphatic rings. The third-order valence-corrected chi connectivity index (χ3v) is 3.32. The quantitative estimate of drug-likeness (QED) is 0.904. The van der Waals surface area contributed by atoms with Crippen molar-refractivity contribution in [2.24, 2.45) is 0 Å². The van der Waals surface area contributed by atoms with Crippen LogP contribution in [-0.4, -0.2) is 10.9 Å². The molecule has 1 aromatic heterocycles. The van der Waals surface area contributed by atoms with Crippen LogP contribution in [0.1, 0.15) is 36.1 Å². The number of hydrogen-bond donors (Lipinski definition) is 1. The fourth-order valence-corrected chi connectivity index (χ4v) is 2.04. The van der Waals surface area contributed by atoms with E-state index < -0.39 is 0 Å². The maximum atomic E-state index is 11.9. The molecule has 0 saturated carbocycles. The molecule has 1 N–H and O–H groups in total. The molecule has 0 radical (unpaired) electrons. The largest absolute Gasteiger partial charge is 0.350 e. The second kappa shape index (κ2) is 6.85. The van der Waals surface area contributed by atoms with Gasteiger partial charge in [-0.05, 0) is 37.5 Å². The minimum Gasteiger partial charge on any atom is -0.350 e. The van der Waals surface area contributed by atoms with Crippen molar-refractivity contribution in [1.29, 1.82) is 0 Å². The van der Waals surface area contributed by atoms with Crippen LogP contribution in [0.25, 0.3) is 0 Å². The Morgan fingerprint density at radius 1 is 1.25 bits per heavy atom. The maximum absolute atomic E-state index is 11.9. The number of aryl methyl sites for hydroxylation is 2. The van der Waals surface area contributed by atoms with Crippen LogP contribution in [0.15, 0.2) is 48.8 Å². The maximum Gasteiger partial charge on any atom is 0.220 e. The summed E-state index contributed by atoms with van der Waals surface area (Å²) in [4.78, 5) is 16.0. The Kier molecular flexibility index (Phi) is 4.88. The van der Waals surface area contributed by atoms with E-state index in [2.05, 4.69) is 41.5 Å². The Labute approximate surface area is 120 Å². The zero-order chi connectivity index (χ0) is 14.4. The van der Waals surface area contributed by atoms with Crippen molar-refractivity contribution in [1.82, 2.24) is 10.3 Å². The van der Waals surface area contributed by atoms with E-state index in [4.69, 9.17) is 0 Å². The minimum absolute atomic E-state index is 0.00535. The lowest BCUT2D eigenvalue weighted by Crippen LogP contribution is -2.26. The Hall–Kier alpha value is -2.16. The molecule has 1 aromatic carbocycles. The summed E-state index contributed by atoms with van der Waals surface area (Å²) in [6.45, 7) is 4.03. The van der Waals surface area contributed by atoms with E-state index >= 15 is 0 Å². The van der Waals surface area contributed by atoms with E-state index in [-0.39, 0.29) is 11.9 Å². The molecule has 0 spiro atoms. The molecule has 2 rings (SSSR count). The Balaban J connectivity index is 1.82. The molecule has 1 amide bonds. The van der Waals surface area contributed by atoms with Crippen LogP contribution in [-0.2, 0) is 11.2 Å². The number of benzene rings is 1. The molecule has 0 aliphatic heterocycles. The first-order chi connectivity index (χ1) is 9.65. The molecule has 0 saturated heterocycles. The van der Waals surface area contributed by atoms with E-state index in [0.29, 0.717) is 6.42 Å². The van der Waals surface area contributed by atoms with Crippen molar-refractivity contribution < 1.29 is 4.79 Å². The summed E-state index contributed by atoms with van der Waals surface area (Å²) in [6.07, 6.45) is 4.79. The molecule has 0 aliphatic carbocycles. The summed E-state index contributed by atoms with van der Waals surface area (Å²) in [7, 11) is 0. The molecular weight excluding hydrogens is 248 g/mol. The third kappa shape index (κ3) is 4.19. The highest BCUT2D eigenvalue weighted by Crippen LogP contribution is 2.11. The first kappa shape index (κ1) is 14.3. The van der Waals surface area contributed by atoms with Crippen LogP contribution >= 0.6 is 0 Å². The van der Waals surface area contributed by atoms with Gasteiger partial charge >= 0.3 is 0 Å². The van der Waals surface area contributed by atoms with Gasteiger partial charge in [-0.2, -0.15) is 0 Å². The van der Waals surface area contributed by atoms with Crippen LogP contribution in [0.5, 0.6) is 0 Å². The van der Waals surface area contributed by atoms with Crippen molar-refractivity contribution in [3.63, 3.8) is 0 Å². The van der Waals surface area contributed by atoms with Crippen LogP contribution in [0.4, 0.5) is 0 Å². The van der Waals surface area contributed by atoms with E-state index in [9.17, 15) is 4.79 Å². The average molecular weight is 268 g/mol. The average Bonchev–Trinajstić information content (AvgIpc) is 2.47. The summed E-state index contributed by atoms with van der Waals surface area (Å²) in [5, 5.41) is 3.00. The summed E-state index contributed by atoms with van der Waals surface area (Å²) >= 11 is 0. The number of nitrogens with one attached hydrogen (secondary N) is 1. The zero-order valence-corrected chi connectivity index (χ0v) is 12.0. The molecule has 1 unspecified atom stereocenters. The van der Waals surface area contributed by atoms with E-state index in [1.165, 1.54) is 11.1 Å². The van der Waals surface area contributed by atoms with Crippen LogP contribution in [0.3, 0.4) is 0 Å². The molecular formula is C17H20N2O. The number of nitrogens with zero attached hydrogens (tertiary/aromatic N) is 1. The summed E-state index contributed by atoms with van der Waals surface area (Å²) < 4.78 is 0. The van der Waals surface area contributed by atoms with Gasteiger partial charge < -0.3 is 5.32 Å². The molecule has 0 fully saturated rings. The number of carbonyl (C=O) groups is 1. The minimum atomic E-state index is -0.00535. The molecule has 1 atom stereocenters. The Morgan fingerprint density at radius 3 is 2.65 bits per heavy atom. The lowest BCUT2D eigenvalue weighted by Gasteiger charge is -2.13. The SMILES string of the molecule is Cc1ccc(CCC(=O)NC(C)c2cccnc2)cc1. The fourth-order valence-electron chi connectivity index (χ4n) is 2.04. The second-order valence-corrected chi connectivity index (χ2v) is 5.06. The van der Waals surface area contributed by atoms with Crippen LogP contribution < -0.4 is 5.32 Å². The number of pyridine rings is 1. The fraction of sp³-hybridized carbons (Fsp3) is 0.294. The molecule has 20 heavy (non-hydrogen) atoms. The first-order valence-electron chi connectivity index (χ1n) is 6.90. The lowest BCUT2D eigenvalue weighted by molar-refractivity contribution is -0.121. The topological polar surface area (TPSA) is 42.0 Å². The zero-order valence-electron chi connectivity index (χ0n) is 12.0. The van der Waals surface area contributed by atoms with Crippen molar-refractivity contribution >= 4 is 5.91 Å². The molecule has 104 valence electrons. The Bertz CT molecular complexity index is 549. The number of carbonyl (C=O) groups excluding carboxylic acids is 1. The van der Waals surface area contributed by atoms with Gasteiger partial charge in [0, 0.05) is 18.8 Å². The number of rotatable bonds is 5. The standard InChI is InChI=1S/C17H20N2O/c1-13-5-7-15(8-6-13)9-10-17(20)19-14(2)16-4-3-11-18-12-16/h3-8,11-12,14H,9-10H2,1-2H3,(H,19,20). The van der Waals surface area contributed by atoms with E-state index in [0.717, 1.165) is 12.0 Å². The molecule has 3 nitrogen and oxygen atoms in total.